The van der Waals surface area contributed by atoms with Crippen LogP contribution in [0.3, 0.4) is 0 Å². The molecule has 0 bridgehead atoms. The van der Waals surface area contributed by atoms with E-state index >= 15 is 0 Å². The summed E-state index contributed by atoms with van der Waals surface area (Å²) in [5, 5.41) is 3.85. The van der Waals surface area contributed by atoms with Crippen LogP contribution in [0.1, 0.15) is 83.5 Å². The van der Waals surface area contributed by atoms with Crippen molar-refractivity contribution in [1.29, 1.82) is 0 Å². The van der Waals surface area contributed by atoms with Crippen molar-refractivity contribution in [3.63, 3.8) is 0 Å². The summed E-state index contributed by atoms with van der Waals surface area (Å²) in [6.07, 6.45) is 4.87. The average molecular weight is 878 g/mol. The van der Waals surface area contributed by atoms with Gasteiger partial charge in [-0.15, -0.1) is 11.1 Å². The van der Waals surface area contributed by atoms with Crippen LogP contribution in [0, 0.1) is 20.8 Å². The van der Waals surface area contributed by atoms with Gasteiger partial charge in [0, 0.05) is 0 Å². The van der Waals surface area contributed by atoms with E-state index in [0.29, 0.717) is 0 Å². The van der Waals surface area contributed by atoms with Gasteiger partial charge < -0.3 is 0 Å². The Morgan fingerprint density at radius 3 is 0.646 bits per heavy atom. The quantitative estimate of drug-likeness (QED) is 0.0547. The maximum Gasteiger partial charge on any atom is 0.248 e. The number of benzene rings is 9. The maximum atomic E-state index is 9.35. The van der Waals surface area contributed by atoms with Gasteiger partial charge in [0.05, 0.1) is 0 Å². The molecular formula is C63H57ClSi. The van der Waals surface area contributed by atoms with Gasteiger partial charge in [-0.3, -0.25) is 0 Å². The molecule has 0 nitrogen and oxygen atoms in total. The second-order valence-electron chi connectivity index (χ2n) is 17.9. The van der Waals surface area contributed by atoms with Gasteiger partial charge in [-0.1, -0.05) is 218 Å². The van der Waals surface area contributed by atoms with E-state index in [4.69, 9.17) is 0 Å². The van der Waals surface area contributed by atoms with Crippen molar-refractivity contribution in [3.05, 3.63) is 302 Å². The Bertz CT molecular complexity index is 2650. The molecule has 0 saturated carbocycles. The molecule has 65 heavy (non-hydrogen) atoms. The van der Waals surface area contributed by atoms with Crippen LogP contribution in [0.5, 0.6) is 0 Å². The van der Waals surface area contributed by atoms with Gasteiger partial charge in [0.25, 0.3) is 0 Å². The summed E-state index contributed by atoms with van der Waals surface area (Å²) in [7, 11) is -3.52. The minimum atomic E-state index is -3.52. The molecule has 0 atom stereocenters. The lowest BCUT2D eigenvalue weighted by Crippen LogP contribution is -2.66. The van der Waals surface area contributed by atoms with E-state index in [1.165, 1.54) is 99.0 Å². The number of rotatable bonds is 15. The van der Waals surface area contributed by atoms with E-state index in [2.05, 4.69) is 239 Å². The molecule has 0 unspecified atom stereocenters. The Labute approximate surface area is 393 Å². The molecule has 9 rings (SSSR count). The minimum Gasteiger partial charge on any atom is -0.149 e. The molecule has 0 spiro atoms. The van der Waals surface area contributed by atoms with Crippen LogP contribution in [0.4, 0.5) is 0 Å². The largest absolute Gasteiger partial charge is 0.248 e. The Hall–Kier alpha value is -6.51. The second-order valence-corrected chi connectivity index (χ2v) is 22.6. The fourth-order valence-electron chi connectivity index (χ4n) is 9.74. The van der Waals surface area contributed by atoms with Gasteiger partial charge in [-0.05, 0) is 158 Å². The molecule has 320 valence electrons. The van der Waals surface area contributed by atoms with Gasteiger partial charge in [0.15, 0.2) is 0 Å². The Kier molecular flexibility index (Phi) is 13.5. The lowest BCUT2D eigenvalue weighted by molar-refractivity contribution is 1.12. The predicted octanol–water partition coefficient (Wildman–Crippen LogP) is 13.4. The summed E-state index contributed by atoms with van der Waals surface area (Å²) in [5.41, 5.74) is 19.5. The molecule has 9 aromatic carbocycles. The third-order valence-electron chi connectivity index (χ3n) is 13.2. The maximum absolute atomic E-state index is 9.35. The first-order valence-corrected chi connectivity index (χ1v) is 26.1. The van der Waals surface area contributed by atoms with Crippen molar-refractivity contribution in [2.75, 3.05) is 0 Å². The van der Waals surface area contributed by atoms with E-state index in [1.807, 2.05) is 0 Å². The van der Waals surface area contributed by atoms with Crippen LogP contribution in [0.15, 0.2) is 218 Å². The third kappa shape index (κ3) is 10.2. The molecule has 0 radical (unpaired) electrons. The van der Waals surface area contributed by atoms with E-state index in [9.17, 15) is 11.1 Å². The van der Waals surface area contributed by atoms with Crippen LogP contribution in [-0.4, -0.2) is 7.38 Å². The van der Waals surface area contributed by atoms with Crippen LogP contribution in [0.2, 0.25) is 0 Å². The van der Waals surface area contributed by atoms with Crippen molar-refractivity contribution in [1.82, 2.24) is 0 Å². The first kappa shape index (κ1) is 43.7. The van der Waals surface area contributed by atoms with E-state index in [0.717, 1.165) is 38.5 Å². The first-order chi connectivity index (χ1) is 31.8. The van der Waals surface area contributed by atoms with Crippen LogP contribution >= 0.6 is 11.1 Å². The van der Waals surface area contributed by atoms with E-state index in [1.54, 1.807) is 0 Å². The summed E-state index contributed by atoms with van der Waals surface area (Å²) < 4.78 is 0. The summed E-state index contributed by atoms with van der Waals surface area (Å²) >= 11 is 9.35. The highest BCUT2D eigenvalue weighted by Gasteiger charge is 2.44. The zero-order valence-corrected chi connectivity index (χ0v) is 39.7. The smallest absolute Gasteiger partial charge is 0.149 e. The van der Waals surface area contributed by atoms with Crippen LogP contribution in [0.25, 0.3) is 0 Å². The Morgan fingerprint density at radius 1 is 0.262 bits per heavy atom. The van der Waals surface area contributed by atoms with Crippen LogP contribution in [-0.2, 0) is 38.5 Å². The van der Waals surface area contributed by atoms with E-state index < -0.39 is 7.38 Å². The number of halogens is 1. The minimum absolute atomic E-state index is 0.789. The van der Waals surface area contributed by atoms with E-state index in [-0.39, 0.29) is 0 Å². The fourth-order valence-corrected chi connectivity index (χ4v) is 15.1. The molecule has 9 aromatic rings. The zero-order chi connectivity index (χ0) is 44.6. The normalized spacial score (nSPS) is 11.4. The van der Waals surface area contributed by atoms with Crippen molar-refractivity contribution in [2.45, 2.75) is 59.3 Å². The molecule has 0 fully saturated rings. The van der Waals surface area contributed by atoms with Gasteiger partial charge >= 0.3 is 0 Å². The lowest BCUT2D eigenvalue weighted by Gasteiger charge is -2.35. The zero-order valence-electron chi connectivity index (χ0n) is 37.9. The topological polar surface area (TPSA) is 0 Å². The highest BCUT2D eigenvalue weighted by atomic mass is 35.6. The van der Waals surface area contributed by atoms with Gasteiger partial charge in [-0.25, -0.2) is 0 Å². The Balaban J connectivity index is 1.39. The first-order valence-electron chi connectivity index (χ1n) is 23.1. The third-order valence-corrected chi connectivity index (χ3v) is 18.7. The SMILES string of the molecule is Cc1cc(Cc2ccccc2)c([Si](Cl)(c2cc(Cc3ccccc3)c(C)cc2Cc2ccccc2)c2cc(Cc3ccccc3)c(C)cc2Cc2ccccc2)cc1Cc1ccccc1. The van der Waals surface area contributed by atoms with Crippen molar-refractivity contribution < 1.29 is 0 Å². The summed E-state index contributed by atoms with van der Waals surface area (Å²) in [6.45, 7) is 6.89. The molecule has 0 aliphatic carbocycles. The molecule has 2 heteroatoms. The average Bonchev–Trinajstić information content (AvgIpc) is 3.33. The van der Waals surface area contributed by atoms with Gasteiger partial charge in [-0.2, -0.15) is 0 Å². The highest BCUT2D eigenvalue weighted by molar-refractivity contribution is 7.40. The molecule has 0 heterocycles. The Morgan fingerprint density at radius 2 is 0.446 bits per heavy atom. The van der Waals surface area contributed by atoms with Gasteiger partial charge in [0.1, 0.15) is 0 Å². The lowest BCUT2D eigenvalue weighted by atomic mass is 9.95. The number of aryl methyl sites for hydroxylation is 3. The highest BCUT2D eigenvalue weighted by Crippen LogP contribution is 2.29. The molecule has 0 amide bonds. The molecule has 0 saturated heterocycles. The molecule has 0 aliphatic rings. The fraction of sp³-hybridized carbons (Fsp3) is 0.143. The number of hydrogen-bond donors (Lipinski definition) is 0. The monoisotopic (exact) mass is 876 g/mol. The predicted molar refractivity (Wildman–Crippen MR) is 280 cm³/mol. The second kappa shape index (κ2) is 20.1. The van der Waals surface area contributed by atoms with Gasteiger partial charge in [0.2, 0.25) is 7.38 Å². The van der Waals surface area contributed by atoms with Crippen LogP contribution < -0.4 is 15.6 Å². The summed E-state index contributed by atoms with van der Waals surface area (Å²) in [4.78, 5) is 0. The van der Waals surface area contributed by atoms with Crippen molar-refractivity contribution in [2.24, 2.45) is 0 Å². The molecule has 0 N–H and O–H groups in total. The molecular weight excluding hydrogens is 820 g/mol. The summed E-state index contributed by atoms with van der Waals surface area (Å²) in [6, 6.07) is 80.8. The summed E-state index contributed by atoms with van der Waals surface area (Å²) in [5.74, 6) is 0. The number of hydrogen-bond acceptors (Lipinski definition) is 0. The van der Waals surface area contributed by atoms with Crippen molar-refractivity contribution >= 4 is 34.0 Å². The molecule has 0 aromatic heterocycles. The van der Waals surface area contributed by atoms with Crippen molar-refractivity contribution in [3.8, 4) is 0 Å². The molecule has 0 aliphatic heterocycles. The standard InChI is InChI=1S/C63H57ClSi/c1-46-34-58(40-52-28-16-7-17-29-52)61(43-55(46)37-49-22-10-4-11-23-49)65(64,62-44-56(38-50-24-12-5-13-25-50)47(2)35-59(62)41-53-30-18-8-19-31-53)63-45-57(39-51-26-14-6-15-27-51)48(3)36-60(63)42-54-32-20-9-21-33-54/h4-36,43-45H,37-42H2,1-3H3.